The highest BCUT2D eigenvalue weighted by Crippen LogP contribution is 2.58. The fourth-order valence-electron chi connectivity index (χ4n) is 7.29. The molecule has 2 aliphatic carbocycles. The van der Waals surface area contributed by atoms with Crippen LogP contribution in [0.25, 0.3) is 0 Å². The number of hydroxylamine groups is 2. The zero-order valence-electron chi connectivity index (χ0n) is 22.8. The summed E-state index contributed by atoms with van der Waals surface area (Å²) in [7, 11) is 0. The van der Waals surface area contributed by atoms with Crippen molar-refractivity contribution in [1.82, 2.24) is 15.7 Å². The van der Waals surface area contributed by atoms with Crippen molar-refractivity contribution in [1.29, 1.82) is 0 Å². The smallest absolute Gasteiger partial charge is 0.327 e. The number of hydrogen-bond donors (Lipinski definition) is 3. The van der Waals surface area contributed by atoms with Gasteiger partial charge in [-0.1, -0.05) is 42.5 Å². The molecule has 6 atom stereocenters. The molecule has 11 nitrogen and oxygen atoms in total. The van der Waals surface area contributed by atoms with Gasteiger partial charge < -0.3 is 30.0 Å². The SMILES string of the molecule is O=C(CCNC(=O)C12CC3OC(=O)C1N(Cc1ccccc1I)OC2C1OC2(Cc4ccccc4C2)OC31)NCCO. The van der Waals surface area contributed by atoms with Crippen LogP contribution >= 0.6 is 22.6 Å². The third kappa shape index (κ3) is 4.54. The molecule has 3 N–H and O–H groups in total. The van der Waals surface area contributed by atoms with Gasteiger partial charge in [-0.15, -0.1) is 0 Å². The van der Waals surface area contributed by atoms with Crippen molar-refractivity contribution in [2.24, 2.45) is 5.41 Å². The fraction of sp³-hybridized carbons (Fsp3) is 0.500. The Kier molecular flexibility index (Phi) is 7.26. The van der Waals surface area contributed by atoms with E-state index in [0.717, 1.165) is 20.3 Å². The van der Waals surface area contributed by atoms with Gasteiger partial charge in [-0.05, 0) is 45.3 Å². The number of rotatable bonds is 8. The number of fused-ring (bicyclic) bond motifs is 5. The van der Waals surface area contributed by atoms with Crippen LogP contribution in [0.5, 0.6) is 0 Å². The lowest BCUT2D eigenvalue weighted by molar-refractivity contribution is -0.217. The third-order valence-corrected chi connectivity index (χ3v) is 10.1. The quantitative estimate of drug-likeness (QED) is 0.274. The summed E-state index contributed by atoms with van der Waals surface area (Å²) in [5.41, 5.74) is 1.94. The standard InChI is InChI=1S/C30H32IN3O8/c31-20-8-4-3-7-19(20)16-34-25-27(37)39-21-15-30(25,28(38)33-10-9-22(36)32-11-12-35)26(42-34)24-23(21)40-29(41-24)13-17-5-1-2-6-18(17)14-29/h1-8,21,23-26,35H,9-16H2,(H,32,36)(H,33,38). The van der Waals surface area contributed by atoms with E-state index in [1.54, 1.807) is 5.06 Å². The Bertz CT molecular complexity index is 1400. The Hall–Kier alpha value is -2.62. The monoisotopic (exact) mass is 689 g/mol. The number of carbonyl (C=O) groups is 3. The second-order valence-corrected chi connectivity index (χ2v) is 12.8. The molecule has 0 aromatic heterocycles. The van der Waals surface area contributed by atoms with E-state index in [-0.39, 0.29) is 50.9 Å². The van der Waals surface area contributed by atoms with E-state index in [2.05, 4.69) is 45.4 Å². The van der Waals surface area contributed by atoms with Gasteiger partial charge in [-0.2, -0.15) is 5.06 Å². The number of benzene rings is 2. The molecule has 222 valence electrons. The number of carbonyl (C=O) groups excluding carboxylic acids is 3. The Balaban J connectivity index is 1.20. The number of hydrogen-bond acceptors (Lipinski definition) is 9. The number of nitrogens with zero attached hydrogens (tertiary/aromatic N) is 1. The van der Waals surface area contributed by atoms with Crippen LogP contribution in [0.15, 0.2) is 48.5 Å². The Morgan fingerprint density at radius 2 is 1.71 bits per heavy atom. The molecule has 3 saturated heterocycles. The maximum absolute atomic E-state index is 14.2. The molecule has 5 aliphatic rings. The van der Waals surface area contributed by atoms with Gasteiger partial charge in [0.25, 0.3) is 0 Å². The van der Waals surface area contributed by atoms with Crippen LogP contribution in [-0.2, 0) is 52.8 Å². The van der Waals surface area contributed by atoms with E-state index in [4.69, 9.17) is 24.2 Å². The summed E-state index contributed by atoms with van der Waals surface area (Å²) in [5.74, 6) is -2.13. The molecular weight excluding hydrogens is 657 g/mol. The molecule has 12 heteroatoms. The minimum absolute atomic E-state index is 0.0326. The number of nitrogens with one attached hydrogen (secondary N) is 2. The minimum atomic E-state index is -1.30. The molecule has 2 amide bonds. The molecule has 2 aromatic carbocycles. The van der Waals surface area contributed by atoms with Crippen LogP contribution in [0.3, 0.4) is 0 Å². The van der Waals surface area contributed by atoms with E-state index < -0.39 is 47.6 Å². The summed E-state index contributed by atoms with van der Waals surface area (Å²) in [6.07, 6.45) is -1.36. The number of aliphatic hydroxyl groups excluding tert-OH is 1. The van der Waals surface area contributed by atoms with Gasteiger partial charge in [0.1, 0.15) is 29.8 Å². The molecule has 6 unspecified atom stereocenters. The lowest BCUT2D eigenvalue weighted by atomic mass is 9.62. The molecule has 1 spiro atoms. The fourth-order valence-corrected chi connectivity index (χ4v) is 7.85. The zero-order chi connectivity index (χ0) is 29.1. The highest BCUT2D eigenvalue weighted by molar-refractivity contribution is 14.1. The maximum Gasteiger partial charge on any atom is 0.327 e. The van der Waals surface area contributed by atoms with Crippen molar-refractivity contribution in [3.05, 3.63) is 68.8 Å². The molecule has 2 aromatic rings. The van der Waals surface area contributed by atoms with E-state index in [9.17, 15) is 14.4 Å². The summed E-state index contributed by atoms with van der Waals surface area (Å²) < 4.78 is 20.4. The summed E-state index contributed by atoms with van der Waals surface area (Å²) in [6, 6.07) is 14.9. The van der Waals surface area contributed by atoms with Gasteiger partial charge >= 0.3 is 5.97 Å². The van der Waals surface area contributed by atoms with Crippen LogP contribution < -0.4 is 10.6 Å². The average Bonchev–Trinajstić information content (AvgIpc) is 3.64. The van der Waals surface area contributed by atoms with Crippen molar-refractivity contribution >= 4 is 40.4 Å². The van der Waals surface area contributed by atoms with E-state index in [1.165, 1.54) is 0 Å². The average molecular weight is 690 g/mol. The van der Waals surface area contributed by atoms with Crippen molar-refractivity contribution in [3.63, 3.8) is 0 Å². The number of ether oxygens (including phenoxy) is 3. The minimum Gasteiger partial charge on any atom is -0.458 e. The van der Waals surface area contributed by atoms with Gasteiger partial charge in [0, 0.05) is 42.3 Å². The number of aliphatic hydroxyl groups is 1. The molecule has 42 heavy (non-hydrogen) atoms. The van der Waals surface area contributed by atoms with E-state index in [0.29, 0.717) is 12.8 Å². The molecule has 7 rings (SSSR count). The molecule has 1 saturated carbocycles. The second-order valence-electron chi connectivity index (χ2n) is 11.6. The Morgan fingerprint density at radius 3 is 2.45 bits per heavy atom. The first-order chi connectivity index (χ1) is 20.3. The first-order valence-corrected chi connectivity index (χ1v) is 15.4. The molecule has 3 heterocycles. The van der Waals surface area contributed by atoms with Crippen molar-refractivity contribution in [3.8, 4) is 0 Å². The first kappa shape index (κ1) is 28.2. The Morgan fingerprint density at radius 1 is 1.00 bits per heavy atom. The second kappa shape index (κ2) is 10.8. The topological polar surface area (TPSA) is 136 Å². The maximum atomic E-state index is 14.2. The molecule has 0 radical (unpaired) electrons. The van der Waals surface area contributed by atoms with Crippen molar-refractivity contribution in [2.45, 2.75) is 68.5 Å². The summed E-state index contributed by atoms with van der Waals surface area (Å²) in [5, 5.41) is 16.0. The van der Waals surface area contributed by atoms with Crippen LogP contribution in [0.1, 0.15) is 29.5 Å². The van der Waals surface area contributed by atoms with Gasteiger partial charge in [-0.3, -0.25) is 19.2 Å². The van der Waals surface area contributed by atoms with E-state index in [1.807, 2.05) is 36.4 Å². The molecule has 3 aliphatic heterocycles. The van der Waals surface area contributed by atoms with Crippen molar-refractivity contribution < 1.29 is 38.5 Å². The lowest BCUT2D eigenvalue weighted by Crippen LogP contribution is -2.69. The van der Waals surface area contributed by atoms with Crippen LogP contribution in [0, 0.1) is 8.99 Å². The summed E-state index contributed by atoms with van der Waals surface area (Å²) in [6.45, 7) is 0.312. The lowest BCUT2D eigenvalue weighted by Gasteiger charge is -2.48. The van der Waals surface area contributed by atoms with Gasteiger partial charge in [0.05, 0.1) is 13.2 Å². The van der Waals surface area contributed by atoms with Gasteiger partial charge in [-0.25, -0.2) is 0 Å². The molecule has 4 fully saturated rings. The first-order valence-electron chi connectivity index (χ1n) is 14.3. The third-order valence-electron chi connectivity index (χ3n) is 9.07. The van der Waals surface area contributed by atoms with Crippen LogP contribution in [-0.4, -0.2) is 83.9 Å². The molecular formula is C30H32IN3O8. The Labute approximate surface area is 256 Å². The predicted molar refractivity (Wildman–Crippen MR) is 154 cm³/mol. The van der Waals surface area contributed by atoms with Crippen molar-refractivity contribution in [2.75, 3.05) is 19.7 Å². The van der Waals surface area contributed by atoms with Gasteiger partial charge in [0.15, 0.2) is 11.8 Å². The predicted octanol–water partition coefficient (Wildman–Crippen LogP) is 0.985. The summed E-state index contributed by atoms with van der Waals surface area (Å²) >= 11 is 2.24. The number of halogens is 1. The number of amides is 2. The largest absolute Gasteiger partial charge is 0.458 e. The summed E-state index contributed by atoms with van der Waals surface area (Å²) in [4.78, 5) is 46.6. The molecule has 2 bridgehead atoms. The zero-order valence-corrected chi connectivity index (χ0v) is 25.0. The van der Waals surface area contributed by atoms with Crippen LogP contribution in [0.4, 0.5) is 0 Å². The van der Waals surface area contributed by atoms with Crippen LogP contribution in [0.2, 0.25) is 0 Å². The number of esters is 1. The van der Waals surface area contributed by atoms with Gasteiger partial charge in [0.2, 0.25) is 11.8 Å². The normalized spacial score (nSPS) is 31.9. The highest BCUT2D eigenvalue weighted by atomic mass is 127. The highest BCUT2D eigenvalue weighted by Gasteiger charge is 2.76. The van der Waals surface area contributed by atoms with E-state index >= 15 is 0 Å².